The summed E-state index contributed by atoms with van der Waals surface area (Å²) in [6.07, 6.45) is 0. The van der Waals surface area contributed by atoms with Crippen molar-refractivity contribution in [2.24, 2.45) is 0 Å². The molecule has 0 heterocycles. The van der Waals surface area contributed by atoms with Crippen molar-refractivity contribution >= 4 is 39.5 Å². The predicted octanol–water partition coefficient (Wildman–Crippen LogP) is 0.360. The summed E-state index contributed by atoms with van der Waals surface area (Å²) in [6.45, 7) is 8.03. The van der Waals surface area contributed by atoms with Gasteiger partial charge in [-0.25, -0.2) is 0 Å². The zero-order valence-electron chi connectivity index (χ0n) is 16.3. The molecule has 0 bridgehead atoms. The van der Waals surface area contributed by atoms with Crippen LogP contribution >= 0.6 is 22.1 Å². The van der Waals surface area contributed by atoms with Crippen LogP contribution in [0.4, 0.5) is 0 Å². The molecule has 13 heteroatoms. The molecule has 0 aromatic rings. The molecule has 0 rings (SSSR count). The SMILES string of the molecule is COC(C)P(C)(=O)[O-].COC(C)P(C)(=O)[O-].COC(C)P(C)(=O)[O-].[Al+3]. The van der Waals surface area contributed by atoms with Gasteiger partial charge in [-0.2, -0.15) is 0 Å². The Hall–Kier alpha value is 0.982. The van der Waals surface area contributed by atoms with Crippen molar-refractivity contribution in [2.45, 2.75) is 38.3 Å². The summed E-state index contributed by atoms with van der Waals surface area (Å²) in [5.74, 6) is -1.95. The van der Waals surface area contributed by atoms with E-state index in [9.17, 15) is 28.4 Å². The smallest absolute Gasteiger partial charge is 0.798 e. The molecule has 150 valence electrons. The van der Waals surface area contributed by atoms with Gasteiger partial charge in [-0.15, -0.1) is 0 Å². The molecular formula is C12H30AlO9P3. The van der Waals surface area contributed by atoms with Gasteiger partial charge in [0.25, 0.3) is 0 Å². The molecule has 0 aromatic carbocycles. The summed E-state index contributed by atoms with van der Waals surface area (Å²) in [4.78, 5) is 31.4. The van der Waals surface area contributed by atoms with Crippen LogP contribution in [0.5, 0.6) is 0 Å². The molecule has 0 aliphatic carbocycles. The van der Waals surface area contributed by atoms with Gasteiger partial charge in [-0.05, 0) is 40.8 Å². The van der Waals surface area contributed by atoms with Crippen molar-refractivity contribution in [1.82, 2.24) is 0 Å². The fourth-order valence-corrected chi connectivity index (χ4v) is 1.72. The molecule has 0 fully saturated rings. The van der Waals surface area contributed by atoms with Crippen molar-refractivity contribution in [3.8, 4) is 0 Å². The van der Waals surface area contributed by atoms with Gasteiger partial charge in [0.2, 0.25) is 0 Å². The Morgan fingerprint density at radius 1 is 0.600 bits per heavy atom. The average molecular weight is 438 g/mol. The molecular weight excluding hydrogens is 408 g/mol. The van der Waals surface area contributed by atoms with Gasteiger partial charge in [0.15, 0.2) is 0 Å². The van der Waals surface area contributed by atoms with E-state index in [1.54, 1.807) is 0 Å². The molecule has 6 unspecified atom stereocenters. The number of hydrogen-bond acceptors (Lipinski definition) is 9. The van der Waals surface area contributed by atoms with Crippen LogP contribution in [-0.4, -0.2) is 76.2 Å². The number of hydrogen-bond donors (Lipinski definition) is 0. The maximum atomic E-state index is 10.5. The fourth-order valence-electron chi connectivity index (χ4n) is 0.574. The minimum Gasteiger partial charge on any atom is -0.798 e. The Morgan fingerprint density at radius 2 is 0.720 bits per heavy atom. The molecule has 0 saturated heterocycles. The first kappa shape index (κ1) is 33.6. The monoisotopic (exact) mass is 438 g/mol. The van der Waals surface area contributed by atoms with Crippen molar-refractivity contribution in [2.75, 3.05) is 41.3 Å². The molecule has 9 nitrogen and oxygen atoms in total. The van der Waals surface area contributed by atoms with Crippen LogP contribution in [-0.2, 0) is 27.9 Å². The van der Waals surface area contributed by atoms with Crippen molar-refractivity contribution in [1.29, 1.82) is 0 Å². The fraction of sp³-hybridized carbons (Fsp3) is 1.00. The molecule has 6 atom stereocenters. The van der Waals surface area contributed by atoms with E-state index >= 15 is 0 Å². The van der Waals surface area contributed by atoms with Gasteiger partial charge in [0, 0.05) is 43.4 Å². The number of ether oxygens (including phenoxy) is 3. The van der Waals surface area contributed by atoms with Gasteiger partial charge in [0.1, 0.15) is 0 Å². The van der Waals surface area contributed by atoms with Crippen LogP contribution in [0.3, 0.4) is 0 Å². The Morgan fingerprint density at radius 3 is 0.720 bits per heavy atom. The molecule has 0 amide bonds. The van der Waals surface area contributed by atoms with E-state index in [0.29, 0.717) is 0 Å². The second-order valence-electron chi connectivity index (χ2n) is 5.23. The Bertz CT molecular complexity index is 390. The third kappa shape index (κ3) is 21.1. The van der Waals surface area contributed by atoms with Crippen LogP contribution in [0, 0.1) is 0 Å². The second kappa shape index (κ2) is 15.0. The summed E-state index contributed by atoms with van der Waals surface area (Å²) in [5, 5.41) is 0. The summed E-state index contributed by atoms with van der Waals surface area (Å²) in [7, 11) is -5.57. The zero-order chi connectivity index (χ0) is 20.4. The van der Waals surface area contributed by atoms with E-state index in [0.717, 1.165) is 0 Å². The van der Waals surface area contributed by atoms with Crippen LogP contribution in [0.2, 0.25) is 0 Å². The van der Waals surface area contributed by atoms with Crippen LogP contribution in [0.25, 0.3) is 0 Å². The maximum absolute atomic E-state index is 10.5. The van der Waals surface area contributed by atoms with Crippen molar-refractivity contribution in [3.63, 3.8) is 0 Å². The maximum Gasteiger partial charge on any atom is 3.00 e. The van der Waals surface area contributed by atoms with Crippen molar-refractivity contribution in [3.05, 3.63) is 0 Å². The first-order valence-electron chi connectivity index (χ1n) is 6.88. The number of methoxy groups -OCH3 is 3. The third-order valence-corrected chi connectivity index (χ3v) is 7.60. The van der Waals surface area contributed by atoms with Gasteiger partial charge in [-0.3, -0.25) is 0 Å². The molecule has 0 saturated carbocycles. The molecule has 0 radical (unpaired) electrons. The molecule has 0 aliphatic rings. The van der Waals surface area contributed by atoms with Crippen LogP contribution in [0.15, 0.2) is 0 Å². The third-order valence-electron chi connectivity index (χ3n) is 3.00. The average Bonchev–Trinajstić information content (AvgIpc) is 2.42. The first-order valence-corrected chi connectivity index (χ1v) is 13.3. The Balaban J connectivity index is -0.000000130. The normalized spacial score (nSPS) is 21.1. The molecule has 0 aromatic heterocycles. The van der Waals surface area contributed by atoms with E-state index in [-0.39, 0.29) is 17.4 Å². The topological polar surface area (TPSA) is 148 Å². The van der Waals surface area contributed by atoms with E-state index in [2.05, 4.69) is 14.2 Å². The molecule has 25 heavy (non-hydrogen) atoms. The summed E-state index contributed by atoms with van der Waals surface area (Å²) < 4.78 is 45.0. The van der Waals surface area contributed by atoms with Crippen LogP contribution in [0.1, 0.15) is 20.8 Å². The second-order valence-corrected chi connectivity index (χ2v) is 12.9. The van der Waals surface area contributed by atoms with E-state index in [1.165, 1.54) is 62.1 Å². The molecule has 0 spiro atoms. The zero-order valence-corrected chi connectivity index (χ0v) is 20.2. The van der Waals surface area contributed by atoms with Gasteiger partial charge in [-0.1, -0.05) is 0 Å². The van der Waals surface area contributed by atoms with Gasteiger partial charge < -0.3 is 42.6 Å². The first-order chi connectivity index (χ1) is 10.4. The van der Waals surface area contributed by atoms with E-state index in [1.807, 2.05) is 0 Å². The van der Waals surface area contributed by atoms with Gasteiger partial charge in [0.05, 0.1) is 17.5 Å². The van der Waals surface area contributed by atoms with Crippen molar-refractivity contribution < 1.29 is 42.6 Å². The predicted molar refractivity (Wildman–Crippen MR) is 95.8 cm³/mol. The van der Waals surface area contributed by atoms with Crippen LogP contribution < -0.4 is 14.7 Å². The summed E-state index contributed by atoms with van der Waals surface area (Å²) >= 11 is 0. The minimum atomic E-state index is -3.23. The Labute approximate surface area is 161 Å². The van der Waals surface area contributed by atoms with E-state index in [4.69, 9.17) is 0 Å². The molecule has 0 N–H and O–H groups in total. The van der Waals surface area contributed by atoms with Gasteiger partial charge >= 0.3 is 17.4 Å². The standard InChI is InChI=1S/3C4H11O3P.Al/c3*1-4(7-2)8(3,5)6;/h3*4H,1-3H3,(H,5,6);/q;;;+3/p-3. The summed E-state index contributed by atoms with van der Waals surface area (Å²) in [5.41, 5.74) is 0. The number of rotatable bonds is 6. The quantitative estimate of drug-likeness (QED) is 0.423. The molecule has 0 aliphatic heterocycles. The largest absolute Gasteiger partial charge is 3.00 e. The van der Waals surface area contributed by atoms with E-state index < -0.39 is 39.6 Å². The summed E-state index contributed by atoms with van der Waals surface area (Å²) in [6, 6.07) is 0. The Kier molecular flexibility index (Phi) is 20.1. The minimum absolute atomic E-state index is 0.